The van der Waals surface area contributed by atoms with Gasteiger partial charge >= 0.3 is 23.9 Å². The van der Waals surface area contributed by atoms with Crippen LogP contribution in [0.25, 0.3) is 0 Å². The lowest BCUT2D eigenvalue weighted by atomic mass is 10.1. The third kappa shape index (κ3) is 15.9. The van der Waals surface area contributed by atoms with Crippen molar-refractivity contribution in [2.24, 2.45) is 0 Å². The molecule has 0 aromatic heterocycles. The Balaban J connectivity index is 1.98. The molecule has 2 atom stereocenters. The number of rotatable bonds is 14. The number of nitrogens with zero attached hydrogens (tertiary/aromatic N) is 1. The third-order valence-corrected chi connectivity index (χ3v) is 8.08. The van der Waals surface area contributed by atoms with E-state index in [0.29, 0.717) is 34.8 Å². The van der Waals surface area contributed by atoms with Crippen LogP contribution < -0.4 is 16.0 Å². The van der Waals surface area contributed by atoms with Gasteiger partial charge in [-0.3, -0.25) is 19.3 Å². The average molecular weight is 737 g/mol. The number of ether oxygens (including phenoxy) is 3. The zero-order valence-corrected chi connectivity index (χ0v) is 32.2. The Morgan fingerprint density at radius 2 is 1.26 bits per heavy atom. The molecule has 1 aromatic carbocycles. The minimum Gasteiger partial charge on any atom is -0.460 e. The molecule has 1 aromatic rings. The topological polar surface area (TPSA) is 169 Å². The maximum Gasteiger partial charge on any atom is 0.329 e. The number of amides is 4. The molecule has 0 unspecified atom stereocenters. The molecule has 1 fully saturated rings. The largest absolute Gasteiger partial charge is 0.460 e. The van der Waals surface area contributed by atoms with E-state index in [1.807, 2.05) is 0 Å². The molecular formula is C35H52N4O9S2. The Morgan fingerprint density at radius 1 is 0.760 bits per heavy atom. The van der Waals surface area contributed by atoms with Crippen LogP contribution in [-0.4, -0.2) is 92.7 Å². The van der Waals surface area contributed by atoms with E-state index in [4.69, 9.17) is 26.4 Å². The summed E-state index contributed by atoms with van der Waals surface area (Å²) < 4.78 is 16.8. The summed E-state index contributed by atoms with van der Waals surface area (Å²) >= 11 is 6.68. The number of hydrogen-bond acceptors (Lipinski definition) is 11. The first kappa shape index (κ1) is 42.4. The number of hydrogen-bond donors (Lipinski definition) is 3. The summed E-state index contributed by atoms with van der Waals surface area (Å²) in [6.07, 6.45) is 0.849. The van der Waals surface area contributed by atoms with Gasteiger partial charge in [0, 0.05) is 36.4 Å². The van der Waals surface area contributed by atoms with Crippen molar-refractivity contribution in [1.82, 2.24) is 20.9 Å². The molecule has 2 rings (SSSR count). The van der Waals surface area contributed by atoms with Gasteiger partial charge in [-0.05, 0) is 112 Å². The quantitative estimate of drug-likeness (QED) is 0.103. The van der Waals surface area contributed by atoms with Crippen molar-refractivity contribution < 1.29 is 43.0 Å². The number of benzene rings is 1. The molecule has 15 heteroatoms. The Bertz CT molecular complexity index is 1400. The number of thiocarbonyl (C=S) groups is 1. The molecular weight excluding hydrogens is 685 g/mol. The van der Waals surface area contributed by atoms with Crippen molar-refractivity contribution in [2.75, 3.05) is 18.8 Å². The normalized spacial score (nSPS) is 14.7. The number of urea groups is 1. The highest BCUT2D eigenvalue weighted by atomic mass is 32.2. The summed E-state index contributed by atoms with van der Waals surface area (Å²) in [5.74, 6) is -1.70. The summed E-state index contributed by atoms with van der Waals surface area (Å²) in [6.45, 7) is 16.2. The Morgan fingerprint density at radius 3 is 1.74 bits per heavy atom. The Kier molecular flexibility index (Phi) is 15.7. The van der Waals surface area contributed by atoms with Gasteiger partial charge in [0.1, 0.15) is 33.2 Å². The van der Waals surface area contributed by atoms with Gasteiger partial charge in [0.15, 0.2) is 0 Å². The molecule has 50 heavy (non-hydrogen) atoms. The molecule has 1 aliphatic heterocycles. The van der Waals surface area contributed by atoms with Gasteiger partial charge in [-0.2, -0.15) is 0 Å². The molecule has 1 heterocycles. The summed E-state index contributed by atoms with van der Waals surface area (Å²) in [4.78, 5) is 78.4. The molecule has 0 aliphatic carbocycles. The summed E-state index contributed by atoms with van der Waals surface area (Å²) in [6, 6.07) is 3.26. The first-order valence-corrected chi connectivity index (χ1v) is 18.1. The molecule has 3 N–H and O–H groups in total. The number of unbranched alkanes of at least 4 members (excludes halogenated alkanes) is 1. The van der Waals surface area contributed by atoms with Crippen LogP contribution in [0, 0.1) is 0 Å². The lowest BCUT2D eigenvalue weighted by Crippen LogP contribution is -2.53. The highest BCUT2D eigenvalue weighted by molar-refractivity contribution is 8.23. The molecule has 0 radical (unpaired) electrons. The zero-order valence-electron chi connectivity index (χ0n) is 30.6. The van der Waals surface area contributed by atoms with Gasteiger partial charge in [-0.15, -0.1) is 0 Å². The average Bonchev–Trinajstić information content (AvgIpc) is 3.40. The Labute approximate surface area is 304 Å². The lowest BCUT2D eigenvalue weighted by Gasteiger charge is -2.27. The Hall–Kier alpha value is -3.72. The first-order valence-electron chi connectivity index (χ1n) is 16.7. The van der Waals surface area contributed by atoms with Crippen molar-refractivity contribution in [3.63, 3.8) is 0 Å². The number of carbonyl (C=O) groups is 6. The third-order valence-electron chi connectivity index (χ3n) is 6.66. The minimum atomic E-state index is -1.19. The van der Waals surface area contributed by atoms with Gasteiger partial charge in [-0.1, -0.05) is 24.0 Å². The lowest BCUT2D eigenvalue weighted by molar-refractivity contribution is -0.159. The highest BCUT2D eigenvalue weighted by Crippen LogP contribution is 2.21. The predicted molar refractivity (Wildman–Crippen MR) is 195 cm³/mol. The van der Waals surface area contributed by atoms with E-state index in [0.717, 1.165) is 5.75 Å². The summed E-state index contributed by atoms with van der Waals surface area (Å²) in [7, 11) is 0. The van der Waals surface area contributed by atoms with E-state index in [9.17, 15) is 28.8 Å². The van der Waals surface area contributed by atoms with E-state index >= 15 is 0 Å². The van der Waals surface area contributed by atoms with Crippen LogP contribution in [-0.2, 0) is 28.6 Å². The molecule has 1 aliphatic rings. The van der Waals surface area contributed by atoms with Crippen molar-refractivity contribution in [3.8, 4) is 0 Å². The first-order chi connectivity index (χ1) is 23.0. The van der Waals surface area contributed by atoms with E-state index in [2.05, 4.69) is 16.0 Å². The van der Waals surface area contributed by atoms with Gasteiger partial charge in [0.25, 0.3) is 11.8 Å². The standard InChI is InChI=1S/C35H52N4O9S2/c1-33(2,3)46-26(40)18-17-25(30(44)48-35(7,8)9)38-31(45)37-24(29(43)47-34(4,5)6)12-10-11-19-36-27(41)22-13-15-23(16-14-22)28(42)39-20-21-50-32(39)49/h13-16,24-25H,10-12,17-21H2,1-9H3,(H,36,41)(H2,37,38,45)/t24-,25-/m0/s1. The second kappa shape index (κ2) is 18.5. The van der Waals surface area contributed by atoms with E-state index in [1.165, 1.54) is 11.8 Å². The number of carbonyl (C=O) groups excluding carboxylic acids is 6. The van der Waals surface area contributed by atoms with Crippen molar-refractivity contribution in [1.29, 1.82) is 0 Å². The van der Waals surface area contributed by atoms with E-state index < -0.39 is 52.8 Å². The van der Waals surface area contributed by atoms with Crippen LogP contribution >= 0.6 is 24.0 Å². The van der Waals surface area contributed by atoms with E-state index in [1.54, 1.807) is 91.5 Å². The number of thioether (sulfide) groups is 1. The van der Waals surface area contributed by atoms with Crippen LogP contribution in [0.5, 0.6) is 0 Å². The van der Waals surface area contributed by atoms with Crippen LogP contribution in [0.1, 0.15) is 115 Å². The van der Waals surface area contributed by atoms with Gasteiger partial charge < -0.3 is 30.2 Å². The highest BCUT2D eigenvalue weighted by Gasteiger charge is 2.31. The fraction of sp³-hybridized carbons (Fsp3) is 0.629. The second-order valence-electron chi connectivity index (χ2n) is 14.8. The molecule has 0 bridgehead atoms. The predicted octanol–water partition coefficient (Wildman–Crippen LogP) is 4.90. The SMILES string of the molecule is CC(C)(C)OC(=O)CC[C@H](NC(=O)N[C@@H](CCCCNC(=O)c1ccc(C(=O)N2CCSC2=S)cc1)C(=O)OC(C)(C)C)C(=O)OC(C)(C)C. The van der Waals surface area contributed by atoms with E-state index in [-0.39, 0.29) is 37.6 Å². The minimum absolute atomic E-state index is 0.0846. The summed E-state index contributed by atoms with van der Waals surface area (Å²) in [5, 5.41) is 7.96. The zero-order chi connectivity index (χ0) is 37.9. The van der Waals surface area contributed by atoms with Gasteiger partial charge in [0.2, 0.25) is 0 Å². The van der Waals surface area contributed by atoms with Crippen molar-refractivity contribution in [2.45, 2.75) is 123 Å². The monoisotopic (exact) mass is 736 g/mol. The maximum atomic E-state index is 13.1. The van der Waals surface area contributed by atoms with Crippen LogP contribution in [0.15, 0.2) is 24.3 Å². The molecule has 1 saturated heterocycles. The maximum absolute atomic E-state index is 13.1. The molecule has 278 valence electrons. The van der Waals surface area contributed by atoms with Crippen molar-refractivity contribution >= 4 is 64.1 Å². The fourth-order valence-electron chi connectivity index (χ4n) is 4.53. The fourth-order valence-corrected chi connectivity index (χ4v) is 5.73. The van der Waals surface area contributed by atoms with Crippen LogP contribution in [0.2, 0.25) is 0 Å². The molecule has 0 saturated carbocycles. The second-order valence-corrected chi connectivity index (χ2v) is 16.5. The van der Waals surface area contributed by atoms with Gasteiger partial charge in [-0.25, -0.2) is 14.4 Å². The summed E-state index contributed by atoms with van der Waals surface area (Å²) in [5.41, 5.74) is -1.57. The van der Waals surface area contributed by atoms with Gasteiger partial charge in [0.05, 0.1) is 0 Å². The smallest absolute Gasteiger partial charge is 0.329 e. The number of esters is 3. The molecule has 4 amide bonds. The van der Waals surface area contributed by atoms with Crippen LogP contribution in [0.3, 0.4) is 0 Å². The van der Waals surface area contributed by atoms with Crippen LogP contribution in [0.4, 0.5) is 4.79 Å². The molecule has 13 nitrogen and oxygen atoms in total. The molecule has 0 spiro atoms. The van der Waals surface area contributed by atoms with Crippen molar-refractivity contribution in [3.05, 3.63) is 35.4 Å². The number of nitrogens with one attached hydrogen (secondary N) is 3.